The molecule has 3 rings (SSSR count). The maximum atomic E-state index is 12.1. The molecule has 3 nitrogen and oxygen atoms in total. The van der Waals surface area contributed by atoms with Gasteiger partial charge in [-0.25, -0.2) is 0 Å². The molecule has 0 unspecified atom stereocenters. The van der Waals surface area contributed by atoms with Crippen LogP contribution < -0.4 is 0 Å². The second-order valence-electron chi connectivity index (χ2n) is 6.29. The molecule has 0 amide bonds. The fraction of sp³-hybridized carbons (Fsp3) is 0.381. The SMILES string of the molecule is CCOC(=O)C[C@H](Sc1ccccc1)[C@H]1CCN1Cc1ccccc1. The Kier molecular flexibility index (Phi) is 6.54. The Bertz CT molecular complexity index is 662. The lowest BCUT2D eigenvalue weighted by molar-refractivity contribution is -0.143. The average molecular weight is 356 g/mol. The van der Waals surface area contributed by atoms with Crippen molar-refractivity contribution in [3.05, 3.63) is 66.2 Å². The number of carbonyl (C=O) groups excluding carboxylic acids is 1. The summed E-state index contributed by atoms with van der Waals surface area (Å²) in [4.78, 5) is 15.8. The third kappa shape index (κ3) is 5.10. The number of rotatable bonds is 8. The van der Waals surface area contributed by atoms with E-state index >= 15 is 0 Å². The molecular formula is C21H25NO2S. The molecule has 0 saturated carbocycles. The first-order valence-corrected chi connectivity index (χ1v) is 9.79. The van der Waals surface area contributed by atoms with Crippen molar-refractivity contribution in [1.29, 1.82) is 0 Å². The van der Waals surface area contributed by atoms with Gasteiger partial charge in [0, 0.05) is 29.3 Å². The van der Waals surface area contributed by atoms with Crippen molar-refractivity contribution >= 4 is 17.7 Å². The summed E-state index contributed by atoms with van der Waals surface area (Å²) in [7, 11) is 0. The molecule has 2 aromatic rings. The fourth-order valence-corrected chi connectivity index (χ4v) is 4.56. The van der Waals surface area contributed by atoms with Crippen LogP contribution in [0.4, 0.5) is 0 Å². The zero-order chi connectivity index (χ0) is 17.5. The van der Waals surface area contributed by atoms with Crippen LogP contribution in [0.2, 0.25) is 0 Å². The molecule has 0 bridgehead atoms. The molecule has 1 fully saturated rings. The van der Waals surface area contributed by atoms with E-state index in [1.54, 1.807) is 11.8 Å². The van der Waals surface area contributed by atoms with E-state index in [-0.39, 0.29) is 11.2 Å². The van der Waals surface area contributed by atoms with Crippen molar-refractivity contribution in [3.63, 3.8) is 0 Å². The van der Waals surface area contributed by atoms with Gasteiger partial charge in [0.05, 0.1) is 13.0 Å². The van der Waals surface area contributed by atoms with Gasteiger partial charge < -0.3 is 4.74 Å². The predicted octanol–water partition coefficient (Wildman–Crippen LogP) is 4.38. The Balaban J connectivity index is 1.68. The van der Waals surface area contributed by atoms with Gasteiger partial charge in [-0.1, -0.05) is 48.5 Å². The van der Waals surface area contributed by atoms with E-state index in [4.69, 9.17) is 4.74 Å². The van der Waals surface area contributed by atoms with Crippen LogP contribution in [0.15, 0.2) is 65.6 Å². The van der Waals surface area contributed by atoms with Crippen LogP contribution in [0.25, 0.3) is 0 Å². The van der Waals surface area contributed by atoms with Gasteiger partial charge in [0.1, 0.15) is 0 Å². The average Bonchev–Trinajstić information content (AvgIpc) is 2.61. The number of thioether (sulfide) groups is 1. The van der Waals surface area contributed by atoms with Crippen LogP contribution >= 0.6 is 11.8 Å². The van der Waals surface area contributed by atoms with Crippen LogP contribution in [-0.4, -0.2) is 35.3 Å². The molecule has 1 aliphatic heterocycles. The van der Waals surface area contributed by atoms with Gasteiger partial charge in [0.15, 0.2) is 0 Å². The highest BCUT2D eigenvalue weighted by molar-refractivity contribution is 8.00. The van der Waals surface area contributed by atoms with E-state index in [9.17, 15) is 4.79 Å². The number of esters is 1. The molecule has 0 aliphatic carbocycles. The molecule has 25 heavy (non-hydrogen) atoms. The Hall–Kier alpha value is -1.78. The van der Waals surface area contributed by atoms with Crippen molar-refractivity contribution in [3.8, 4) is 0 Å². The third-order valence-electron chi connectivity index (χ3n) is 4.54. The summed E-state index contributed by atoms with van der Waals surface area (Å²) in [6.45, 7) is 4.34. The summed E-state index contributed by atoms with van der Waals surface area (Å²) in [5.74, 6) is -0.0949. The summed E-state index contributed by atoms with van der Waals surface area (Å²) >= 11 is 1.80. The minimum atomic E-state index is -0.0949. The smallest absolute Gasteiger partial charge is 0.306 e. The van der Waals surface area contributed by atoms with Crippen molar-refractivity contribution in [2.45, 2.75) is 42.5 Å². The summed E-state index contributed by atoms with van der Waals surface area (Å²) in [6.07, 6.45) is 1.60. The van der Waals surface area contributed by atoms with Crippen LogP contribution in [0.3, 0.4) is 0 Å². The van der Waals surface area contributed by atoms with E-state index in [1.165, 1.54) is 10.5 Å². The van der Waals surface area contributed by atoms with Gasteiger partial charge in [-0.05, 0) is 31.0 Å². The number of ether oxygens (including phenoxy) is 1. The molecule has 1 heterocycles. The zero-order valence-electron chi connectivity index (χ0n) is 14.6. The minimum Gasteiger partial charge on any atom is -0.466 e. The Morgan fingerprint density at radius 3 is 2.44 bits per heavy atom. The van der Waals surface area contributed by atoms with Crippen LogP contribution in [0, 0.1) is 0 Å². The highest BCUT2D eigenvalue weighted by atomic mass is 32.2. The molecular weight excluding hydrogens is 330 g/mol. The van der Waals surface area contributed by atoms with E-state index in [2.05, 4.69) is 41.3 Å². The lowest BCUT2D eigenvalue weighted by Gasteiger charge is -2.45. The van der Waals surface area contributed by atoms with Gasteiger partial charge in [-0.2, -0.15) is 0 Å². The predicted molar refractivity (Wildman–Crippen MR) is 103 cm³/mol. The monoisotopic (exact) mass is 355 g/mol. The van der Waals surface area contributed by atoms with Crippen LogP contribution in [-0.2, 0) is 16.1 Å². The summed E-state index contributed by atoms with van der Waals surface area (Å²) in [5, 5.41) is 0.221. The second-order valence-corrected chi connectivity index (χ2v) is 7.60. The molecule has 1 saturated heterocycles. The number of hydrogen-bond donors (Lipinski definition) is 0. The maximum absolute atomic E-state index is 12.1. The van der Waals surface area contributed by atoms with Gasteiger partial charge in [-0.3, -0.25) is 9.69 Å². The Morgan fingerprint density at radius 2 is 1.84 bits per heavy atom. The van der Waals surface area contributed by atoms with Gasteiger partial charge in [0.25, 0.3) is 0 Å². The number of carbonyl (C=O) groups is 1. The first-order valence-electron chi connectivity index (χ1n) is 8.91. The number of nitrogens with zero attached hydrogens (tertiary/aromatic N) is 1. The van der Waals surface area contributed by atoms with E-state index in [0.717, 1.165) is 19.5 Å². The molecule has 0 N–H and O–H groups in total. The van der Waals surface area contributed by atoms with Crippen LogP contribution in [0.1, 0.15) is 25.3 Å². The van der Waals surface area contributed by atoms with Crippen molar-refractivity contribution in [1.82, 2.24) is 4.90 Å². The van der Waals surface area contributed by atoms with Gasteiger partial charge in [-0.15, -0.1) is 11.8 Å². The Morgan fingerprint density at radius 1 is 1.16 bits per heavy atom. The molecule has 0 radical (unpaired) electrons. The normalized spacial score (nSPS) is 18.4. The van der Waals surface area contributed by atoms with Crippen LogP contribution in [0.5, 0.6) is 0 Å². The highest BCUT2D eigenvalue weighted by Crippen LogP contribution is 2.36. The van der Waals surface area contributed by atoms with E-state index in [0.29, 0.717) is 19.1 Å². The molecule has 0 aromatic heterocycles. The largest absolute Gasteiger partial charge is 0.466 e. The first kappa shape index (κ1) is 18.0. The molecule has 132 valence electrons. The summed E-state index contributed by atoms with van der Waals surface area (Å²) < 4.78 is 5.21. The Labute approximate surface area is 154 Å². The quantitative estimate of drug-likeness (QED) is 0.519. The first-order chi connectivity index (χ1) is 12.3. The summed E-state index contributed by atoms with van der Waals surface area (Å²) in [6, 6.07) is 21.3. The van der Waals surface area contributed by atoms with E-state index < -0.39 is 0 Å². The second kappa shape index (κ2) is 9.07. The standard InChI is InChI=1S/C21H25NO2S/c1-2-24-21(23)15-20(25-18-11-7-4-8-12-18)19-13-14-22(19)16-17-9-5-3-6-10-17/h3-12,19-20H,2,13-16H2,1H3/t19-,20+/m1/s1. The molecule has 2 aromatic carbocycles. The van der Waals surface area contributed by atoms with Crippen molar-refractivity contribution in [2.24, 2.45) is 0 Å². The fourth-order valence-electron chi connectivity index (χ4n) is 3.21. The lowest BCUT2D eigenvalue weighted by Crippen LogP contribution is -2.53. The number of benzene rings is 2. The summed E-state index contributed by atoms with van der Waals surface area (Å²) in [5.41, 5.74) is 1.33. The van der Waals surface area contributed by atoms with Crippen molar-refractivity contribution in [2.75, 3.05) is 13.2 Å². The molecule has 2 atom stereocenters. The third-order valence-corrected chi connectivity index (χ3v) is 5.87. The topological polar surface area (TPSA) is 29.5 Å². The van der Waals surface area contributed by atoms with Gasteiger partial charge in [0.2, 0.25) is 0 Å². The maximum Gasteiger partial charge on any atom is 0.306 e. The number of hydrogen-bond acceptors (Lipinski definition) is 4. The highest BCUT2D eigenvalue weighted by Gasteiger charge is 2.36. The van der Waals surface area contributed by atoms with E-state index in [1.807, 2.05) is 31.2 Å². The lowest BCUT2D eigenvalue weighted by atomic mass is 9.96. The van der Waals surface area contributed by atoms with Crippen molar-refractivity contribution < 1.29 is 9.53 Å². The minimum absolute atomic E-state index is 0.0949. The zero-order valence-corrected chi connectivity index (χ0v) is 15.5. The number of likely N-dealkylation sites (tertiary alicyclic amines) is 1. The molecule has 4 heteroatoms. The molecule has 1 aliphatic rings. The van der Waals surface area contributed by atoms with Gasteiger partial charge >= 0.3 is 5.97 Å². The molecule has 0 spiro atoms.